The molecule has 0 bridgehead atoms. The van der Waals surface area contributed by atoms with Crippen molar-refractivity contribution in [2.45, 2.75) is 0 Å². The lowest BCUT2D eigenvalue weighted by molar-refractivity contribution is 0.0691. The maximum absolute atomic E-state index is 11.2. The first-order valence-electron chi connectivity index (χ1n) is 5.80. The van der Waals surface area contributed by atoms with Crippen LogP contribution in [-0.4, -0.2) is 31.9 Å². The van der Waals surface area contributed by atoms with E-state index < -0.39 is 5.97 Å². The Balaban J connectivity index is 2.20. The van der Waals surface area contributed by atoms with Crippen LogP contribution in [0.15, 0.2) is 43.0 Å². The van der Waals surface area contributed by atoms with Crippen molar-refractivity contribution in [2.24, 2.45) is 0 Å². The molecule has 2 aromatic heterocycles. The van der Waals surface area contributed by atoms with Gasteiger partial charge >= 0.3 is 5.97 Å². The summed E-state index contributed by atoms with van der Waals surface area (Å²) in [7, 11) is 0. The summed E-state index contributed by atoms with van der Waals surface area (Å²) < 4.78 is 1.56. The Hall–Kier alpha value is -3.02. The molecule has 20 heavy (non-hydrogen) atoms. The van der Waals surface area contributed by atoms with E-state index in [1.54, 1.807) is 22.9 Å². The number of carboxylic acids is 1. The van der Waals surface area contributed by atoms with Gasteiger partial charge in [-0.15, -0.1) is 0 Å². The maximum atomic E-state index is 11.2. The molecule has 2 heterocycles. The average molecular weight is 267 g/mol. The van der Waals surface area contributed by atoms with Crippen LogP contribution in [0.2, 0.25) is 0 Å². The van der Waals surface area contributed by atoms with Gasteiger partial charge in [-0.2, -0.15) is 0 Å². The molecule has 6 nitrogen and oxygen atoms in total. The molecule has 1 aromatic carbocycles. The Morgan fingerprint density at radius 2 is 2.15 bits per heavy atom. The smallest absolute Gasteiger partial charge is 0.356 e. The normalized spacial score (nSPS) is 10.6. The average Bonchev–Trinajstić information content (AvgIpc) is 2.96. The summed E-state index contributed by atoms with van der Waals surface area (Å²) in [5.41, 5.74) is 1.67. The van der Waals surface area contributed by atoms with E-state index in [1.165, 1.54) is 12.5 Å². The minimum atomic E-state index is -1.10. The van der Waals surface area contributed by atoms with E-state index >= 15 is 0 Å². The van der Waals surface area contributed by atoms with Gasteiger partial charge in [0.05, 0.1) is 5.52 Å². The van der Waals surface area contributed by atoms with Gasteiger partial charge in [-0.25, -0.2) is 9.78 Å². The Morgan fingerprint density at radius 3 is 2.85 bits per heavy atom. The largest absolute Gasteiger partial charge is 0.476 e. The van der Waals surface area contributed by atoms with Crippen LogP contribution in [0.5, 0.6) is 0 Å². The number of nitrogens with zero attached hydrogens (tertiary/aromatic N) is 3. The van der Waals surface area contributed by atoms with Gasteiger partial charge in [-0.05, 0) is 18.2 Å². The number of rotatable bonds is 3. The third kappa shape index (κ3) is 1.93. The fourth-order valence-corrected chi connectivity index (χ4v) is 2.02. The first kappa shape index (κ1) is 12.0. The van der Waals surface area contributed by atoms with Gasteiger partial charge in [-0.1, -0.05) is 6.07 Å². The summed E-state index contributed by atoms with van der Waals surface area (Å²) >= 11 is 0. The first-order valence-corrected chi connectivity index (χ1v) is 5.80. The molecule has 0 radical (unpaired) electrons. The van der Waals surface area contributed by atoms with Crippen LogP contribution >= 0.6 is 0 Å². The molecular formula is C14H9N3O3. The van der Waals surface area contributed by atoms with Crippen molar-refractivity contribution >= 4 is 23.2 Å². The standard InChI is InChI=1S/C14H9N3O3/c18-7-10-5-11(4-9-2-1-3-15-13(9)10)17-6-12(14(19)20)16-8-17/h1-8H,(H,19,20). The molecule has 0 saturated carbocycles. The number of imidazole rings is 1. The molecule has 0 unspecified atom stereocenters. The van der Waals surface area contributed by atoms with Crippen LogP contribution in [0, 0.1) is 0 Å². The summed E-state index contributed by atoms with van der Waals surface area (Å²) in [4.78, 5) is 30.0. The summed E-state index contributed by atoms with van der Waals surface area (Å²) in [5.74, 6) is -1.10. The SMILES string of the molecule is O=Cc1cc(-n2cnc(C(=O)O)c2)cc2cccnc12. The van der Waals surface area contributed by atoms with Crippen molar-refractivity contribution in [2.75, 3.05) is 0 Å². The lowest BCUT2D eigenvalue weighted by atomic mass is 10.1. The molecule has 0 aliphatic heterocycles. The highest BCUT2D eigenvalue weighted by Crippen LogP contribution is 2.20. The molecule has 0 amide bonds. The number of aldehydes is 1. The van der Waals surface area contributed by atoms with E-state index in [9.17, 15) is 9.59 Å². The minimum Gasteiger partial charge on any atom is -0.476 e. The maximum Gasteiger partial charge on any atom is 0.356 e. The predicted molar refractivity (Wildman–Crippen MR) is 71.2 cm³/mol. The van der Waals surface area contributed by atoms with Gasteiger partial charge in [0, 0.05) is 29.0 Å². The molecule has 98 valence electrons. The fourth-order valence-electron chi connectivity index (χ4n) is 2.02. The molecule has 3 aromatic rings. The van der Waals surface area contributed by atoms with E-state index in [2.05, 4.69) is 9.97 Å². The quantitative estimate of drug-likeness (QED) is 0.733. The number of hydrogen-bond donors (Lipinski definition) is 1. The number of carbonyl (C=O) groups excluding carboxylic acids is 1. The lowest BCUT2D eigenvalue weighted by Crippen LogP contribution is -1.97. The van der Waals surface area contributed by atoms with Gasteiger partial charge in [-0.3, -0.25) is 9.78 Å². The second kappa shape index (κ2) is 4.58. The third-order valence-electron chi connectivity index (χ3n) is 2.95. The Kier molecular flexibility index (Phi) is 2.76. The number of pyridine rings is 1. The molecule has 1 N–H and O–H groups in total. The Bertz CT molecular complexity index is 823. The zero-order valence-corrected chi connectivity index (χ0v) is 10.2. The van der Waals surface area contributed by atoms with Crippen LogP contribution in [0.1, 0.15) is 20.8 Å². The number of aromatic nitrogens is 3. The Labute approximate surface area is 113 Å². The molecule has 0 aliphatic rings. The number of carbonyl (C=O) groups is 2. The summed E-state index contributed by atoms with van der Waals surface area (Å²) in [6.45, 7) is 0. The number of aromatic carboxylic acids is 1. The molecule has 0 atom stereocenters. The predicted octanol–water partition coefficient (Wildman–Crippen LogP) is 1.93. The third-order valence-corrected chi connectivity index (χ3v) is 2.95. The molecule has 0 fully saturated rings. The highest BCUT2D eigenvalue weighted by Gasteiger charge is 2.10. The van der Waals surface area contributed by atoms with E-state index in [-0.39, 0.29) is 5.69 Å². The molecule has 0 spiro atoms. The van der Waals surface area contributed by atoms with E-state index in [1.807, 2.05) is 12.1 Å². The van der Waals surface area contributed by atoms with Gasteiger partial charge in [0.1, 0.15) is 6.33 Å². The molecule has 0 aliphatic carbocycles. The van der Waals surface area contributed by atoms with Gasteiger partial charge in [0.2, 0.25) is 0 Å². The van der Waals surface area contributed by atoms with Crippen molar-refractivity contribution in [1.29, 1.82) is 0 Å². The topological polar surface area (TPSA) is 85.1 Å². The molecule has 6 heteroatoms. The van der Waals surface area contributed by atoms with E-state index in [0.29, 0.717) is 16.8 Å². The van der Waals surface area contributed by atoms with Crippen LogP contribution in [0.3, 0.4) is 0 Å². The van der Waals surface area contributed by atoms with Crippen LogP contribution in [0.4, 0.5) is 0 Å². The molecule has 3 rings (SSSR count). The van der Waals surface area contributed by atoms with Crippen molar-refractivity contribution in [3.05, 3.63) is 54.2 Å². The van der Waals surface area contributed by atoms with Gasteiger partial charge in [0.25, 0.3) is 0 Å². The number of fused-ring (bicyclic) bond motifs is 1. The van der Waals surface area contributed by atoms with Crippen LogP contribution in [0.25, 0.3) is 16.6 Å². The minimum absolute atomic E-state index is 0.0519. The zero-order valence-electron chi connectivity index (χ0n) is 10.2. The van der Waals surface area contributed by atoms with Crippen molar-refractivity contribution in [3.63, 3.8) is 0 Å². The molecule has 0 saturated heterocycles. The molecular weight excluding hydrogens is 258 g/mol. The van der Waals surface area contributed by atoms with Crippen LogP contribution in [-0.2, 0) is 0 Å². The van der Waals surface area contributed by atoms with E-state index in [4.69, 9.17) is 5.11 Å². The summed E-state index contributed by atoms with van der Waals surface area (Å²) in [5, 5.41) is 9.68. The van der Waals surface area contributed by atoms with Crippen molar-refractivity contribution in [1.82, 2.24) is 14.5 Å². The van der Waals surface area contributed by atoms with Crippen LogP contribution < -0.4 is 0 Å². The van der Waals surface area contributed by atoms with E-state index in [0.717, 1.165) is 11.7 Å². The highest BCUT2D eigenvalue weighted by molar-refractivity contribution is 5.97. The Morgan fingerprint density at radius 1 is 1.30 bits per heavy atom. The van der Waals surface area contributed by atoms with Crippen molar-refractivity contribution < 1.29 is 14.7 Å². The highest BCUT2D eigenvalue weighted by atomic mass is 16.4. The second-order valence-corrected chi connectivity index (χ2v) is 4.20. The van der Waals surface area contributed by atoms with Crippen molar-refractivity contribution in [3.8, 4) is 5.69 Å². The van der Waals surface area contributed by atoms with Gasteiger partial charge in [0.15, 0.2) is 12.0 Å². The second-order valence-electron chi connectivity index (χ2n) is 4.20. The van der Waals surface area contributed by atoms with Gasteiger partial charge < -0.3 is 9.67 Å². The summed E-state index contributed by atoms with van der Waals surface area (Å²) in [6, 6.07) is 7.09. The fraction of sp³-hybridized carbons (Fsp3) is 0. The zero-order chi connectivity index (χ0) is 14.1. The summed E-state index contributed by atoms with van der Waals surface area (Å²) in [6.07, 6.45) is 5.15. The first-order chi connectivity index (χ1) is 9.69. The lowest BCUT2D eigenvalue weighted by Gasteiger charge is -2.06. The number of benzene rings is 1. The number of hydrogen-bond acceptors (Lipinski definition) is 4. The monoisotopic (exact) mass is 267 g/mol. The number of carboxylic acid groups (broad SMARTS) is 1.